The van der Waals surface area contributed by atoms with Crippen molar-refractivity contribution in [3.05, 3.63) is 67.0 Å². The highest BCUT2D eigenvalue weighted by molar-refractivity contribution is 5.37. The molecule has 0 fully saturated rings. The molecule has 6 heteroatoms. The zero-order valence-corrected chi connectivity index (χ0v) is 14.7. The van der Waals surface area contributed by atoms with Gasteiger partial charge in [0.15, 0.2) is 0 Å². The monoisotopic (exact) mass is 331 g/mol. The first-order chi connectivity index (χ1) is 11.4. The van der Waals surface area contributed by atoms with E-state index in [1.165, 1.54) is 26.8 Å². The number of nitrogens with zero attached hydrogens (tertiary/aromatic N) is 1. The van der Waals surface area contributed by atoms with Crippen LogP contribution < -0.4 is 16.6 Å². The number of aromatic amines is 1. The molecular formula is C18H25N3O3. The minimum absolute atomic E-state index is 0.349. The summed E-state index contributed by atoms with van der Waals surface area (Å²) in [6.45, 7) is 8.17. The van der Waals surface area contributed by atoms with Crippen LogP contribution in [0.1, 0.15) is 27.8 Å². The number of aryl methyl sites for hydroxylation is 3. The first-order valence-corrected chi connectivity index (χ1v) is 8.01. The molecule has 0 aliphatic heterocycles. The number of rotatable bonds is 7. The van der Waals surface area contributed by atoms with Crippen molar-refractivity contribution in [3.63, 3.8) is 0 Å². The molecule has 0 amide bonds. The van der Waals surface area contributed by atoms with Gasteiger partial charge in [0.05, 0.1) is 13.2 Å². The summed E-state index contributed by atoms with van der Waals surface area (Å²) < 4.78 is 6.44. The van der Waals surface area contributed by atoms with Crippen molar-refractivity contribution >= 4 is 0 Å². The second-order valence-corrected chi connectivity index (χ2v) is 6.08. The van der Waals surface area contributed by atoms with Gasteiger partial charge in [0.25, 0.3) is 5.56 Å². The zero-order chi connectivity index (χ0) is 17.7. The molecular weight excluding hydrogens is 306 g/mol. The van der Waals surface area contributed by atoms with E-state index in [4.69, 9.17) is 4.74 Å². The van der Waals surface area contributed by atoms with Gasteiger partial charge in [0.1, 0.15) is 0 Å². The lowest BCUT2D eigenvalue weighted by atomic mass is 10.00. The number of hydrogen-bond acceptors (Lipinski definition) is 4. The summed E-state index contributed by atoms with van der Waals surface area (Å²) in [6.07, 6.45) is 1.60. The van der Waals surface area contributed by atoms with Crippen molar-refractivity contribution in [3.8, 4) is 0 Å². The molecule has 1 aromatic heterocycles. The summed E-state index contributed by atoms with van der Waals surface area (Å²) in [5, 5.41) is 3.30. The van der Waals surface area contributed by atoms with Gasteiger partial charge in [0, 0.05) is 32.0 Å². The number of hydrogen-bond donors (Lipinski definition) is 2. The molecule has 0 spiro atoms. The minimum atomic E-state index is -0.411. The van der Waals surface area contributed by atoms with Crippen molar-refractivity contribution in [1.29, 1.82) is 0 Å². The van der Waals surface area contributed by atoms with Crippen LogP contribution in [0.25, 0.3) is 0 Å². The lowest BCUT2D eigenvalue weighted by Crippen LogP contribution is -2.34. The highest BCUT2D eigenvalue weighted by Crippen LogP contribution is 2.16. The molecule has 0 unspecified atom stereocenters. The predicted molar refractivity (Wildman–Crippen MR) is 94.4 cm³/mol. The first kappa shape index (κ1) is 18.2. The van der Waals surface area contributed by atoms with Crippen LogP contribution in [0.4, 0.5) is 0 Å². The van der Waals surface area contributed by atoms with E-state index >= 15 is 0 Å². The third kappa shape index (κ3) is 4.43. The Bertz CT molecular complexity index is 798. The Morgan fingerprint density at radius 3 is 2.42 bits per heavy atom. The highest BCUT2D eigenvalue weighted by Gasteiger charge is 2.07. The molecule has 130 valence electrons. The molecule has 0 bridgehead atoms. The first-order valence-electron chi connectivity index (χ1n) is 8.01. The molecule has 2 rings (SSSR count). The van der Waals surface area contributed by atoms with Gasteiger partial charge in [-0.2, -0.15) is 0 Å². The summed E-state index contributed by atoms with van der Waals surface area (Å²) in [5.74, 6) is 0. The van der Waals surface area contributed by atoms with Gasteiger partial charge in [-0.05, 0) is 37.5 Å². The third-order valence-electron chi connectivity index (χ3n) is 4.08. The van der Waals surface area contributed by atoms with Gasteiger partial charge in [-0.1, -0.05) is 17.7 Å². The molecule has 0 radical (unpaired) electrons. The third-order valence-corrected chi connectivity index (χ3v) is 4.08. The normalized spacial score (nSPS) is 11.0. The summed E-state index contributed by atoms with van der Waals surface area (Å²) >= 11 is 0. The van der Waals surface area contributed by atoms with E-state index in [1.54, 1.807) is 13.3 Å². The second kappa shape index (κ2) is 8.08. The quantitative estimate of drug-likeness (QED) is 0.804. The number of benzene rings is 1. The molecule has 0 saturated carbocycles. The molecule has 2 N–H and O–H groups in total. The summed E-state index contributed by atoms with van der Waals surface area (Å²) in [4.78, 5) is 26.0. The Morgan fingerprint density at radius 1 is 1.12 bits per heavy atom. The van der Waals surface area contributed by atoms with Crippen LogP contribution in [0.2, 0.25) is 0 Å². The van der Waals surface area contributed by atoms with Gasteiger partial charge in [-0.25, -0.2) is 4.79 Å². The van der Waals surface area contributed by atoms with E-state index in [-0.39, 0.29) is 5.56 Å². The Hall–Kier alpha value is -2.18. The van der Waals surface area contributed by atoms with Crippen LogP contribution in [0.5, 0.6) is 0 Å². The zero-order valence-electron chi connectivity index (χ0n) is 14.7. The topological polar surface area (TPSA) is 76.1 Å². The fourth-order valence-corrected chi connectivity index (χ4v) is 2.85. The van der Waals surface area contributed by atoms with Crippen molar-refractivity contribution in [2.75, 3.05) is 13.7 Å². The van der Waals surface area contributed by atoms with Crippen LogP contribution >= 0.6 is 0 Å². The second-order valence-electron chi connectivity index (χ2n) is 6.08. The summed E-state index contributed by atoms with van der Waals surface area (Å²) in [7, 11) is 1.57. The van der Waals surface area contributed by atoms with Crippen molar-refractivity contribution in [2.24, 2.45) is 0 Å². The number of methoxy groups -OCH3 is 1. The van der Waals surface area contributed by atoms with Crippen LogP contribution in [0, 0.1) is 20.8 Å². The standard InChI is InChI=1S/C18H25N3O3/c1-12-7-13(2)16(14(3)8-12)10-19-9-15-11-21(5-6-24-4)18(23)20-17(15)22/h7-8,11,19H,5-6,9-10H2,1-4H3,(H,20,22,23). The van der Waals surface area contributed by atoms with Crippen molar-refractivity contribution in [2.45, 2.75) is 40.4 Å². The summed E-state index contributed by atoms with van der Waals surface area (Å²) in [5.41, 5.74) is 4.73. The largest absolute Gasteiger partial charge is 0.383 e. The number of H-pyrrole nitrogens is 1. The molecule has 2 aromatic rings. The van der Waals surface area contributed by atoms with Crippen LogP contribution in [-0.4, -0.2) is 23.3 Å². The Kier molecular flexibility index (Phi) is 6.11. The Labute approximate surface area is 141 Å². The number of nitrogens with one attached hydrogen (secondary N) is 2. The highest BCUT2D eigenvalue weighted by atomic mass is 16.5. The Morgan fingerprint density at radius 2 is 1.79 bits per heavy atom. The van der Waals surface area contributed by atoms with E-state index in [0.717, 1.165) is 0 Å². The molecule has 0 atom stereocenters. The van der Waals surface area contributed by atoms with Crippen LogP contribution in [-0.2, 0) is 24.4 Å². The van der Waals surface area contributed by atoms with E-state index in [1.807, 2.05) is 0 Å². The fourth-order valence-electron chi connectivity index (χ4n) is 2.85. The maximum atomic E-state index is 11.9. The number of aromatic nitrogens is 2. The maximum Gasteiger partial charge on any atom is 0.328 e. The van der Waals surface area contributed by atoms with Gasteiger partial charge in [-0.15, -0.1) is 0 Å². The molecule has 6 nitrogen and oxygen atoms in total. The smallest absolute Gasteiger partial charge is 0.328 e. The lowest BCUT2D eigenvalue weighted by molar-refractivity contribution is 0.185. The molecule has 0 saturated heterocycles. The average molecular weight is 331 g/mol. The number of ether oxygens (including phenoxy) is 1. The van der Waals surface area contributed by atoms with Crippen LogP contribution in [0.3, 0.4) is 0 Å². The van der Waals surface area contributed by atoms with E-state index in [0.29, 0.717) is 31.8 Å². The van der Waals surface area contributed by atoms with Gasteiger partial charge in [-0.3, -0.25) is 14.3 Å². The van der Waals surface area contributed by atoms with E-state index in [2.05, 4.69) is 43.2 Å². The Balaban J connectivity index is 2.10. The molecule has 1 heterocycles. The van der Waals surface area contributed by atoms with Gasteiger partial charge < -0.3 is 10.1 Å². The lowest BCUT2D eigenvalue weighted by Gasteiger charge is -2.13. The predicted octanol–water partition coefficient (Wildman–Crippen LogP) is 1.40. The maximum absolute atomic E-state index is 11.9. The molecule has 1 aromatic carbocycles. The molecule has 24 heavy (non-hydrogen) atoms. The SMILES string of the molecule is COCCn1cc(CNCc2c(C)cc(C)cc2C)c(=O)[nH]c1=O. The van der Waals surface area contributed by atoms with E-state index < -0.39 is 5.69 Å². The van der Waals surface area contributed by atoms with Crippen molar-refractivity contribution in [1.82, 2.24) is 14.9 Å². The van der Waals surface area contributed by atoms with Crippen molar-refractivity contribution < 1.29 is 4.74 Å². The fraction of sp³-hybridized carbons (Fsp3) is 0.444. The minimum Gasteiger partial charge on any atom is -0.383 e. The van der Waals surface area contributed by atoms with Gasteiger partial charge >= 0.3 is 5.69 Å². The van der Waals surface area contributed by atoms with Crippen LogP contribution in [0.15, 0.2) is 27.9 Å². The average Bonchev–Trinajstić information content (AvgIpc) is 2.50. The molecule has 0 aliphatic carbocycles. The van der Waals surface area contributed by atoms with E-state index in [9.17, 15) is 9.59 Å². The molecule has 0 aliphatic rings. The van der Waals surface area contributed by atoms with Gasteiger partial charge in [0.2, 0.25) is 0 Å². The summed E-state index contributed by atoms with van der Waals surface area (Å²) in [6, 6.07) is 4.31.